The molecule has 2 aromatic carbocycles. The van der Waals surface area contributed by atoms with Crippen molar-refractivity contribution in [1.29, 1.82) is 0 Å². The number of halogens is 2. The molecule has 1 aliphatic rings. The predicted octanol–water partition coefficient (Wildman–Crippen LogP) is 3.12. The van der Waals surface area contributed by atoms with Crippen LogP contribution in [0, 0.1) is 11.6 Å². The van der Waals surface area contributed by atoms with E-state index in [2.05, 4.69) is 10.6 Å². The summed E-state index contributed by atoms with van der Waals surface area (Å²) in [6.07, 6.45) is -0.727. The fraction of sp³-hybridized carbons (Fsp3) is 0.263. The first kappa shape index (κ1) is 17.8. The molecule has 5 nitrogen and oxygen atoms in total. The summed E-state index contributed by atoms with van der Waals surface area (Å²) in [7, 11) is 0. The van der Waals surface area contributed by atoms with E-state index in [1.54, 1.807) is 6.07 Å². The number of carboxylic acid groups (broad SMARTS) is 1. The number of rotatable bonds is 4. The summed E-state index contributed by atoms with van der Waals surface area (Å²) in [5, 5.41) is 14.3. The third-order valence-electron chi connectivity index (χ3n) is 4.66. The SMILES string of the molecule is C[C@H](C(=O)N[C@@H]1Cc2ccccc2[C@H]1NC(=O)O)c1ccc(F)cc1F. The van der Waals surface area contributed by atoms with E-state index >= 15 is 0 Å². The Balaban J connectivity index is 1.78. The third kappa shape index (κ3) is 3.51. The predicted molar refractivity (Wildman–Crippen MR) is 90.8 cm³/mol. The van der Waals surface area contributed by atoms with E-state index in [1.807, 2.05) is 18.2 Å². The molecule has 0 bridgehead atoms. The second-order valence-corrected chi connectivity index (χ2v) is 6.33. The first-order chi connectivity index (χ1) is 12.4. The van der Waals surface area contributed by atoms with Crippen molar-refractivity contribution in [2.75, 3.05) is 0 Å². The minimum atomic E-state index is -1.19. The Bertz CT molecular complexity index is 856. The zero-order valence-corrected chi connectivity index (χ0v) is 14.0. The minimum absolute atomic E-state index is 0.0853. The molecule has 0 fully saturated rings. The largest absolute Gasteiger partial charge is 0.465 e. The van der Waals surface area contributed by atoms with E-state index in [4.69, 9.17) is 5.11 Å². The lowest BCUT2D eigenvalue weighted by Crippen LogP contribution is -2.45. The molecule has 2 aromatic rings. The molecule has 1 aliphatic carbocycles. The normalized spacial score (nSPS) is 19.5. The van der Waals surface area contributed by atoms with Crippen LogP contribution in [0.4, 0.5) is 13.6 Å². The van der Waals surface area contributed by atoms with Crippen molar-refractivity contribution >= 4 is 12.0 Å². The maximum atomic E-state index is 13.9. The van der Waals surface area contributed by atoms with Crippen LogP contribution in [0.15, 0.2) is 42.5 Å². The second kappa shape index (κ2) is 7.11. The van der Waals surface area contributed by atoms with Crippen LogP contribution in [0.5, 0.6) is 0 Å². The topological polar surface area (TPSA) is 78.4 Å². The Morgan fingerprint density at radius 3 is 2.58 bits per heavy atom. The van der Waals surface area contributed by atoms with Gasteiger partial charge in [-0.05, 0) is 30.5 Å². The van der Waals surface area contributed by atoms with Crippen LogP contribution in [0.25, 0.3) is 0 Å². The number of hydrogen-bond donors (Lipinski definition) is 3. The van der Waals surface area contributed by atoms with E-state index in [1.165, 1.54) is 13.0 Å². The van der Waals surface area contributed by atoms with Gasteiger partial charge in [0.1, 0.15) is 11.6 Å². The van der Waals surface area contributed by atoms with Gasteiger partial charge in [-0.1, -0.05) is 30.3 Å². The maximum absolute atomic E-state index is 13.9. The number of nitrogens with one attached hydrogen (secondary N) is 2. The number of carbonyl (C=O) groups excluding carboxylic acids is 1. The van der Waals surface area contributed by atoms with Gasteiger partial charge in [-0.15, -0.1) is 0 Å². The second-order valence-electron chi connectivity index (χ2n) is 6.33. The van der Waals surface area contributed by atoms with Crippen LogP contribution in [0.2, 0.25) is 0 Å². The molecule has 3 atom stereocenters. The number of hydrogen-bond acceptors (Lipinski definition) is 2. The molecule has 7 heteroatoms. The molecule has 0 saturated carbocycles. The van der Waals surface area contributed by atoms with Crippen LogP contribution < -0.4 is 10.6 Å². The molecule has 0 radical (unpaired) electrons. The smallest absolute Gasteiger partial charge is 0.405 e. The Hall–Kier alpha value is -2.96. The molecule has 0 saturated heterocycles. The zero-order valence-electron chi connectivity index (χ0n) is 14.0. The van der Waals surface area contributed by atoms with Gasteiger partial charge in [-0.25, -0.2) is 13.6 Å². The molecule has 0 aliphatic heterocycles. The van der Waals surface area contributed by atoms with Crippen molar-refractivity contribution in [2.24, 2.45) is 0 Å². The first-order valence-corrected chi connectivity index (χ1v) is 8.19. The average molecular weight is 360 g/mol. The number of carbonyl (C=O) groups is 2. The Labute approximate surface area is 149 Å². The van der Waals surface area contributed by atoms with Gasteiger partial charge in [-0.3, -0.25) is 4.79 Å². The standard InChI is InChI=1S/C19H18F2N2O3/c1-10(13-7-6-12(20)9-15(13)21)18(24)22-16-8-11-4-2-3-5-14(11)17(16)23-19(25)26/h2-7,9-10,16-17,23H,8H2,1H3,(H,22,24)(H,25,26)/t10-,16+,17+/m0/s1. The van der Waals surface area contributed by atoms with Gasteiger partial charge < -0.3 is 15.7 Å². The molecule has 0 unspecified atom stereocenters. The number of amides is 2. The van der Waals surface area contributed by atoms with Crippen LogP contribution in [-0.2, 0) is 11.2 Å². The van der Waals surface area contributed by atoms with Gasteiger partial charge in [0.15, 0.2) is 0 Å². The van der Waals surface area contributed by atoms with Crippen molar-refractivity contribution in [3.63, 3.8) is 0 Å². The minimum Gasteiger partial charge on any atom is -0.465 e. The quantitative estimate of drug-likeness (QED) is 0.784. The maximum Gasteiger partial charge on any atom is 0.405 e. The summed E-state index contributed by atoms with van der Waals surface area (Å²) in [5.41, 5.74) is 1.83. The van der Waals surface area contributed by atoms with E-state index in [0.717, 1.165) is 23.3 Å². The lowest BCUT2D eigenvalue weighted by Gasteiger charge is -2.23. The summed E-state index contributed by atoms with van der Waals surface area (Å²) in [5.74, 6) is -2.80. The number of fused-ring (bicyclic) bond motifs is 1. The highest BCUT2D eigenvalue weighted by molar-refractivity contribution is 5.84. The highest BCUT2D eigenvalue weighted by Gasteiger charge is 2.35. The lowest BCUT2D eigenvalue weighted by atomic mass is 9.98. The van der Waals surface area contributed by atoms with E-state index in [-0.39, 0.29) is 5.56 Å². The Morgan fingerprint density at radius 2 is 1.88 bits per heavy atom. The summed E-state index contributed by atoms with van der Waals surface area (Å²) in [4.78, 5) is 23.7. The van der Waals surface area contributed by atoms with Crippen LogP contribution >= 0.6 is 0 Å². The molecule has 26 heavy (non-hydrogen) atoms. The van der Waals surface area contributed by atoms with Crippen molar-refractivity contribution in [3.05, 3.63) is 70.8 Å². The third-order valence-corrected chi connectivity index (χ3v) is 4.66. The molecule has 0 spiro atoms. The van der Waals surface area contributed by atoms with Gasteiger partial charge in [-0.2, -0.15) is 0 Å². The molecule has 2 amide bonds. The summed E-state index contributed by atoms with van der Waals surface area (Å²) in [6, 6.07) is 9.34. The van der Waals surface area contributed by atoms with Crippen molar-refractivity contribution < 1.29 is 23.5 Å². The molecular formula is C19H18F2N2O3. The molecule has 0 heterocycles. The summed E-state index contributed by atoms with van der Waals surface area (Å²) < 4.78 is 27.0. The van der Waals surface area contributed by atoms with E-state index in [9.17, 15) is 18.4 Å². The fourth-order valence-corrected chi connectivity index (χ4v) is 3.34. The van der Waals surface area contributed by atoms with Crippen LogP contribution in [0.3, 0.4) is 0 Å². The zero-order chi connectivity index (χ0) is 18.8. The average Bonchev–Trinajstić information content (AvgIpc) is 2.91. The van der Waals surface area contributed by atoms with Crippen LogP contribution in [-0.4, -0.2) is 23.1 Å². The molecule has 0 aromatic heterocycles. The highest BCUT2D eigenvalue weighted by atomic mass is 19.1. The van der Waals surface area contributed by atoms with Crippen molar-refractivity contribution in [2.45, 2.75) is 31.3 Å². The van der Waals surface area contributed by atoms with Gasteiger partial charge in [0.2, 0.25) is 5.91 Å². The van der Waals surface area contributed by atoms with E-state index in [0.29, 0.717) is 6.42 Å². The molecular weight excluding hydrogens is 342 g/mol. The Kier molecular flexibility index (Phi) is 4.88. The molecule has 136 valence electrons. The van der Waals surface area contributed by atoms with Gasteiger partial charge in [0.25, 0.3) is 0 Å². The lowest BCUT2D eigenvalue weighted by molar-refractivity contribution is -0.123. The molecule has 3 N–H and O–H groups in total. The van der Waals surface area contributed by atoms with Crippen LogP contribution in [0.1, 0.15) is 35.6 Å². The van der Waals surface area contributed by atoms with Gasteiger partial charge in [0.05, 0.1) is 18.0 Å². The van der Waals surface area contributed by atoms with Gasteiger partial charge in [0, 0.05) is 11.6 Å². The monoisotopic (exact) mass is 360 g/mol. The first-order valence-electron chi connectivity index (χ1n) is 8.19. The Morgan fingerprint density at radius 1 is 1.15 bits per heavy atom. The highest BCUT2D eigenvalue weighted by Crippen LogP contribution is 2.32. The van der Waals surface area contributed by atoms with Crippen molar-refractivity contribution in [1.82, 2.24) is 10.6 Å². The van der Waals surface area contributed by atoms with Gasteiger partial charge >= 0.3 is 6.09 Å². The summed E-state index contributed by atoms with van der Waals surface area (Å²) >= 11 is 0. The van der Waals surface area contributed by atoms with E-state index < -0.39 is 41.6 Å². The van der Waals surface area contributed by atoms with Crippen molar-refractivity contribution in [3.8, 4) is 0 Å². The molecule has 3 rings (SSSR count). The summed E-state index contributed by atoms with van der Waals surface area (Å²) in [6.45, 7) is 1.52. The fourth-order valence-electron chi connectivity index (χ4n) is 3.34. The number of benzene rings is 2.